The van der Waals surface area contributed by atoms with Gasteiger partial charge in [0.25, 0.3) is 0 Å². The fourth-order valence-corrected chi connectivity index (χ4v) is 2.64. The van der Waals surface area contributed by atoms with Crippen LogP contribution in [0.2, 0.25) is 0 Å². The number of nitrogens with one attached hydrogen (secondary N) is 1. The van der Waals surface area contributed by atoms with E-state index in [1.54, 1.807) is 19.2 Å². The third-order valence-corrected chi connectivity index (χ3v) is 3.97. The minimum Gasteiger partial charge on any atom is -0.384 e. The van der Waals surface area contributed by atoms with Gasteiger partial charge < -0.3 is 10.1 Å². The minimum absolute atomic E-state index is 0.00556. The van der Waals surface area contributed by atoms with Crippen molar-refractivity contribution in [2.75, 3.05) is 13.7 Å². The van der Waals surface area contributed by atoms with Crippen LogP contribution < -0.4 is 5.32 Å². The van der Waals surface area contributed by atoms with Crippen LogP contribution >= 0.6 is 0 Å². The lowest BCUT2D eigenvalue weighted by atomic mass is 9.85. The van der Waals surface area contributed by atoms with Crippen molar-refractivity contribution in [3.05, 3.63) is 71.8 Å². The molecule has 0 aromatic heterocycles. The average molecular weight is 325 g/mol. The van der Waals surface area contributed by atoms with Crippen LogP contribution in [-0.2, 0) is 15.1 Å². The number of ketones is 1. The molecule has 24 heavy (non-hydrogen) atoms. The van der Waals surface area contributed by atoms with E-state index >= 15 is 0 Å². The molecule has 0 saturated carbocycles. The Labute approximate surface area is 142 Å². The molecule has 0 radical (unpaired) electrons. The zero-order chi connectivity index (χ0) is 17.4. The molecule has 1 amide bonds. The predicted octanol–water partition coefficient (Wildman–Crippen LogP) is 3.33. The number of ether oxygens (including phenoxy) is 1. The van der Waals surface area contributed by atoms with Crippen molar-refractivity contribution in [3.8, 4) is 0 Å². The van der Waals surface area contributed by atoms with Crippen molar-refractivity contribution >= 4 is 11.7 Å². The topological polar surface area (TPSA) is 55.4 Å². The molecule has 2 aromatic rings. The van der Waals surface area contributed by atoms with Crippen molar-refractivity contribution in [1.82, 2.24) is 5.32 Å². The Morgan fingerprint density at radius 1 is 1.00 bits per heavy atom. The van der Waals surface area contributed by atoms with Gasteiger partial charge in [0, 0.05) is 25.5 Å². The first-order valence-corrected chi connectivity index (χ1v) is 7.99. The number of carbonyl (C=O) groups is 2. The Kier molecular flexibility index (Phi) is 6.27. The number of methoxy groups -OCH3 is 1. The van der Waals surface area contributed by atoms with E-state index in [2.05, 4.69) is 5.32 Å². The molecule has 1 atom stereocenters. The Balaban J connectivity index is 2.23. The molecule has 4 heteroatoms. The first kappa shape index (κ1) is 17.9. The normalized spacial score (nSPS) is 13.1. The maximum atomic E-state index is 12.7. The molecule has 0 heterocycles. The zero-order valence-electron chi connectivity index (χ0n) is 14.1. The van der Waals surface area contributed by atoms with Crippen LogP contribution in [0.25, 0.3) is 0 Å². The second kappa shape index (κ2) is 8.41. The molecular formula is C20H23NO3. The third kappa shape index (κ3) is 4.77. The molecule has 2 rings (SSSR count). The monoisotopic (exact) mass is 325 g/mol. The maximum absolute atomic E-state index is 12.7. The molecule has 2 aromatic carbocycles. The number of amides is 1. The van der Waals surface area contributed by atoms with Gasteiger partial charge in [0.05, 0.1) is 12.1 Å². The van der Waals surface area contributed by atoms with Crippen molar-refractivity contribution in [2.45, 2.75) is 25.3 Å². The highest BCUT2D eigenvalue weighted by Crippen LogP contribution is 2.26. The molecule has 0 spiro atoms. The highest BCUT2D eigenvalue weighted by molar-refractivity contribution is 5.97. The third-order valence-electron chi connectivity index (χ3n) is 3.97. The van der Waals surface area contributed by atoms with Crippen LogP contribution in [0.4, 0.5) is 0 Å². The highest BCUT2D eigenvalue weighted by Gasteiger charge is 2.31. The lowest BCUT2D eigenvalue weighted by molar-refractivity contribution is -0.123. The number of hydrogen-bond donors (Lipinski definition) is 1. The van der Waals surface area contributed by atoms with Crippen molar-refractivity contribution in [3.63, 3.8) is 0 Å². The molecule has 1 N–H and O–H groups in total. The maximum Gasteiger partial charge on any atom is 0.223 e. The summed E-state index contributed by atoms with van der Waals surface area (Å²) in [6.07, 6.45) is 0.457. The summed E-state index contributed by atoms with van der Waals surface area (Å²) in [5, 5.41) is 3.01. The van der Waals surface area contributed by atoms with Crippen LogP contribution in [0, 0.1) is 0 Å². The summed E-state index contributed by atoms with van der Waals surface area (Å²) in [6, 6.07) is 18.7. The van der Waals surface area contributed by atoms with E-state index in [1.807, 2.05) is 55.5 Å². The van der Waals surface area contributed by atoms with E-state index in [4.69, 9.17) is 4.74 Å². The Hall–Kier alpha value is -2.46. The summed E-state index contributed by atoms with van der Waals surface area (Å²) in [7, 11) is 1.56. The number of hydrogen-bond acceptors (Lipinski definition) is 3. The Morgan fingerprint density at radius 3 is 2.17 bits per heavy atom. The second-order valence-corrected chi connectivity index (χ2v) is 5.96. The van der Waals surface area contributed by atoms with Crippen molar-refractivity contribution in [1.29, 1.82) is 0 Å². The van der Waals surface area contributed by atoms with Gasteiger partial charge in [0.15, 0.2) is 5.78 Å². The number of benzene rings is 2. The molecule has 0 aliphatic carbocycles. The van der Waals surface area contributed by atoms with Crippen LogP contribution in [0.3, 0.4) is 0 Å². The van der Waals surface area contributed by atoms with Crippen LogP contribution in [0.1, 0.15) is 35.7 Å². The first-order valence-electron chi connectivity index (χ1n) is 7.99. The quantitative estimate of drug-likeness (QED) is 0.758. The van der Waals surface area contributed by atoms with Gasteiger partial charge >= 0.3 is 0 Å². The van der Waals surface area contributed by atoms with E-state index in [1.165, 1.54) is 0 Å². The van der Waals surface area contributed by atoms with E-state index in [9.17, 15) is 9.59 Å². The molecule has 126 valence electrons. The summed E-state index contributed by atoms with van der Waals surface area (Å²) in [6.45, 7) is 2.23. The summed E-state index contributed by atoms with van der Waals surface area (Å²) in [4.78, 5) is 24.9. The summed E-state index contributed by atoms with van der Waals surface area (Å²) in [5.74, 6) is -0.141. The van der Waals surface area contributed by atoms with Gasteiger partial charge in [-0.3, -0.25) is 9.59 Å². The molecule has 0 aliphatic heterocycles. The van der Waals surface area contributed by atoms with E-state index in [0.29, 0.717) is 12.2 Å². The zero-order valence-corrected chi connectivity index (χ0v) is 14.1. The molecule has 4 nitrogen and oxygen atoms in total. The van der Waals surface area contributed by atoms with Crippen LogP contribution in [0.5, 0.6) is 0 Å². The summed E-state index contributed by atoms with van der Waals surface area (Å²) in [5.41, 5.74) is 0.782. The van der Waals surface area contributed by atoms with Gasteiger partial charge in [-0.15, -0.1) is 0 Å². The van der Waals surface area contributed by atoms with Gasteiger partial charge in [-0.2, -0.15) is 0 Å². The minimum atomic E-state index is -0.765. The highest BCUT2D eigenvalue weighted by atomic mass is 16.5. The largest absolute Gasteiger partial charge is 0.384 e. The van der Waals surface area contributed by atoms with Crippen LogP contribution in [-0.4, -0.2) is 25.4 Å². The average Bonchev–Trinajstić information content (AvgIpc) is 2.61. The predicted molar refractivity (Wildman–Crippen MR) is 93.8 cm³/mol. The number of Topliss-reactive ketones (excluding diaryl/α,β-unsaturated/α-hetero) is 1. The van der Waals surface area contributed by atoms with Crippen molar-refractivity contribution < 1.29 is 14.3 Å². The van der Waals surface area contributed by atoms with Gasteiger partial charge in [-0.1, -0.05) is 60.7 Å². The van der Waals surface area contributed by atoms with E-state index in [0.717, 1.165) is 5.56 Å². The second-order valence-electron chi connectivity index (χ2n) is 5.96. The fourth-order valence-electron chi connectivity index (χ4n) is 2.64. The Bertz CT molecular complexity index is 670. The van der Waals surface area contributed by atoms with Gasteiger partial charge in [0.2, 0.25) is 5.91 Å². The van der Waals surface area contributed by atoms with E-state index in [-0.39, 0.29) is 24.5 Å². The fraction of sp³-hybridized carbons (Fsp3) is 0.300. The lowest BCUT2D eigenvalue weighted by Crippen LogP contribution is -2.45. The van der Waals surface area contributed by atoms with Crippen molar-refractivity contribution in [2.24, 2.45) is 0 Å². The number of carbonyl (C=O) groups excluding carboxylic acids is 2. The van der Waals surface area contributed by atoms with Gasteiger partial charge in [-0.25, -0.2) is 0 Å². The summed E-state index contributed by atoms with van der Waals surface area (Å²) >= 11 is 0. The molecule has 1 unspecified atom stereocenters. The number of rotatable bonds is 8. The summed E-state index contributed by atoms with van der Waals surface area (Å²) < 4.78 is 4.96. The molecule has 0 bridgehead atoms. The standard InChI is InChI=1S/C20H23NO3/c1-20(17-11-7-4-8-12-17,21-19(23)13-14-24-2)15-18(22)16-9-5-3-6-10-16/h3-12H,13-15H2,1-2H3,(H,21,23). The SMILES string of the molecule is COCCC(=O)NC(C)(CC(=O)c1ccccc1)c1ccccc1. The molecular weight excluding hydrogens is 302 g/mol. The molecule has 0 aliphatic rings. The van der Waals surface area contributed by atoms with Crippen LogP contribution in [0.15, 0.2) is 60.7 Å². The van der Waals surface area contributed by atoms with Gasteiger partial charge in [0.1, 0.15) is 0 Å². The van der Waals surface area contributed by atoms with Gasteiger partial charge in [-0.05, 0) is 12.5 Å². The smallest absolute Gasteiger partial charge is 0.223 e. The first-order chi connectivity index (χ1) is 11.5. The lowest BCUT2D eigenvalue weighted by Gasteiger charge is -2.31. The molecule has 0 saturated heterocycles. The van der Waals surface area contributed by atoms with E-state index < -0.39 is 5.54 Å². The Morgan fingerprint density at radius 2 is 1.58 bits per heavy atom. The molecule has 0 fully saturated rings.